The summed E-state index contributed by atoms with van der Waals surface area (Å²) in [7, 11) is 1.80. The van der Waals surface area contributed by atoms with E-state index in [2.05, 4.69) is 16.3 Å². The number of carbonyl (C=O) groups excluding carboxylic acids is 1. The predicted octanol–water partition coefficient (Wildman–Crippen LogP) is 1.05. The minimum absolute atomic E-state index is 0.0316. The topological polar surface area (TPSA) is 117 Å². The number of amides is 1. The molecule has 194 valence electrons. The quantitative estimate of drug-likeness (QED) is 0.447. The largest absolute Gasteiger partial charge is 0.504 e. The molecule has 0 radical (unpaired) electrons. The third kappa shape index (κ3) is 2.19. The number of nitrogens with zero attached hydrogens (tertiary/aromatic N) is 1. The zero-order valence-electron chi connectivity index (χ0n) is 21.0. The molecule has 36 heavy (non-hydrogen) atoms. The van der Waals surface area contributed by atoms with E-state index in [1.54, 1.807) is 7.11 Å². The number of nitrogens with two attached hydrogens (primary N) is 1. The van der Waals surface area contributed by atoms with Gasteiger partial charge < -0.3 is 30.7 Å². The van der Waals surface area contributed by atoms with E-state index >= 15 is 0 Å². The number of aliphatic hydroxyl groups excluding tert-OH is 1. The molecule has 1 saturated heterocycles. The normalized spacial score (nSPS) is 45.5. The minimum Gasteiger partial charge on any atom is -0.504 e. The number of nitrogens with one attached hydrogen (secondary N) is 1. The first-order valence-electron chi connectivity index (χ1n) is 13.8. The van der Waals surface area contributed by atoms with Crippen LogP contribution >= 0.6 is 0 Å². The Bertz CT molecular complexity index is 1170. The summed E-state index contributed by atoms with van der Waals surface area (Å²) in [5.74, 6) is 1.73. The number of rotatable bonds is 7. The third-order valence-electron chi connectivity index (χ3n) is 11.9. The fraction of sp³-hybridized carbons (Fsp3) is 0.750. The van der Waals surface area contributed by atoms with Gasteiger partial charge in [0.25, 0.3) is 0 Å². The molecule has 5 saturated carbocycles. The van der Waals surface area contributed by atoms with Crippen molar-refractivity contribution in [2.75, 3.05) is 33.4 Å². The number of phenolic OH excluding ortho intramolecular Hbond substituents is 1. The van der Waals surface area contributed by atoms with Gasteiger partial charge in [0.05, 0.1) is 6.61 Å². The highest BCUT2D eigenvalue weighted by atomic mass is 16.6. The Labute approximate surface area is 211 Å². The molecular weight excluding hydrogens is 458 g/mol. The van der Waals surface area contributed by atoms with Crippen LogP contribution in [0.25, 0.3) is 0 Å². The molecule has 9 rings (SSSR count). The lowest BCUT2D eigenvalue weighted by Gasteiger charge is -2.64. The first-order chi connectivity index (χ1) is 17.4. The summed E-state index contributed by atoms with van der Waals surface area (Å²) < 4.78 is 13.4. The number of benzene rings is 1. The van der Waals surface area contributed by atoms with E-state index in [-0.39, 0.29) is 40.6 Å². The lowest BCUT2D eigenvalue weighted by Crippen LogP contribution is -2.72. The maximum absolute atomic E-state index is 12.6. The molecule has 8 atom stereocenters. The van der Waals surface area contributed by atoms with Gasteiger partial charge in [-0.15, -0.1) is 0 Å². The number of phenols is 1. The van der Waals surface area contributed by atoms with Gasteiger partial charge in [-0.2, -0.15) is 0 Å². The van der Waals surface area contributed by atoms with Crippen molar-refractivity contribution in [3.8, 4) is 11.5 Å². The number of methoxy groups -OCH3 is 1. The molecule has 8 aliphatic rings. The minimum atomic E-state index is -0.919. The molecule has 0 aromatic heterocycles. The Morgan fingerprint density at radius 3 is 2.97 bits per heavy atom. The van der Waals surface area contributed by atoms with Gasteiger partial charge in [-0.25, -0.2) is 0 Å². The summed E-state index contributed by atoms with van der Waals surface area (Å²) in [4.78, 5) is 15.4. The summed E-state index contributed by atoms with van der Waals surface area (Å²) >= 11 is 0. The van der Waals surface area contributed by atoms with Crippen molar-refractivity contribution in [1.29, 1.82) is 0 Å². The number of aliphatic hydroxyl groups is 1. The van der Waals surface area contributed by atoms with Gasteiger partial charge in [0.15, 0.2) is 11.5 Å². The second-order valence-corrected chi connectivity index (χ2v) is 12.9. The number of ether oxygens (including phenoxy) is 2. The molecule has 2 heterocycles. The molecule has 2 aliphatic heterocycles. The standard InChI is InChI=1S/C28H37N3O5/c1-35-28-19-10-25(13-26(19,28)14-30-23(34)17(29)12-32)20-9-16-5-6-18(33)22-21(16)27(25,24(28)36-22)7-2-8-31(20)11-15-3-4-15/h5-6,15,17,19-20,24,32-33H,2-4,7-14,29H2,1H3,(H,30,34). The Morgan fingerprint density at radius 1 is 1.39 bits per heavy atom. The van der Waals surface area contributed by atoms with Gasteiger partial charge >= 0.3 is 0 Å². The van der Waals surface area contributed by atoms with E-state index in [4.69, 9.17) is 15.2 Å². The van der Waals surface area contributed by atoms with Crippen molar-refractivity contribution in [2.24, 2.45) is 28.4 Å². The predicted molar refractivity (Wildman–Crippen MR) is 131 cm³/mol. The smallest absolute Gasteiger partial charge is 0.239 e. The second-order valence-electron chi connectivity index (χ2n) is 12.9. The number of hydrogen-bond donors (Lipinski definition) is 4. The number of likely N-dealkylation sites (tertiary alicyclic amines) is 1. The Balaban J connectivity index is 1.28. The van der Waals surface area contributed by atoms with Crippen LogP contribution in [0, 0.1) is 22.7 Å². The van der Waals surface area contributed by atoms with Crippen molar-refractivity contribution in [2.45, 2.75) is 74.1 Å². The van der Waals surface area contributed by atoms with Crippen molar-refractivity contribution >= 4 is 5.91 Å². The molecule has 8 heteroatoms. The fourth-order valence-corrected chi connectivity index (χ4v) is 10.5. The van der Waals surface area contributed by atoms with Crippen molar-refractivity contribution in [1.82, 2.24) is 10.2 Å². The van der Waals surface area contributed by atoms with Crippen LogP contribution in [0.3, 0.4) is 0 Å². The maximum atomic E-state index is 12.6. The lowest BCUT2D eigenvalue weighted by atomic mass is 9.42. The zero-order chi connectivity index (χ0) is 24.7. The van der Waals surface area contributed by atoms with E-state index in [9.17, 15) is 15.0 Å². The van der Waals surface area contributed by atoms with Crippen LogP contribution in [0.1, 0.15) is 49.7 Å². The van der Waals surface area contributed by atoms with Gasteiger partial charge in [0.1, 0.15) is 17.7 Å². The van der Waals surface area contributed by atoms with Crippen molar-refractivity contribution in [3.05, 3.63) is 23.3 Å². The van der Waals surface area contributed by atoms with E-state index in [0.29, 0.717) is 24.3 Å². The van der Waals surface area contributed by atoms with Crippen LogP contribution in [0.4, 0.5) is 0 Å². The summed E-state index contributed by atoms with van der Waals surface area (Å²) in [5, 5.41) is 23.4. The van der Waals surface area contributed by atoms with Gasteiger partial charge in [-0.1, -0.05) is 6.07 Å². The Morgan fingerprint density at radius 2 is 2.22 bits per heavy atom. The highest BCUT2D eigenvalue weighted by molar-refractivity contribution is 5.81. The van der Waals surface area contributed by atoms with Crippen LogP contribution in [-0.4, -0.2) is 78.2 Å². The van der Waals surface area contributed by atoms with E-state index < -0.39 is 11.6 Å². The highest BCUT2D eigenvalue weighted by Crippen LogP contribution is 2.90. The monoisotopic (exact) mass is 495 g/mol. The molecule has 8 unspecified atom stereocenters. The summed E-state index contributed by atoms with van der Waals surface area (Å²) in [6, 6.07) is 3.48. The Kier molecular flexibility index (Phi) is 4.16. The average Bonchev–Trinajstić information content (AvgIpc) is 3.71. The van der Waals surface area contributed by atoms with Crippen molar-refractivity contribution in [3.63, 3.8) is 0 Å². The molecule has 6 fully saturated rings. The summed E-state index contributed by atoms with van der Waals surface area (Å²) in [6.45, 7) is 2.42. The molecule has 6 bridgehead atoms. The fourth-order valence-electron chi connectivity index (χ4n) is 10.5. The number of hydrogen-bond acceptors (Lipinski definition) is 7. The van der Waals surface area contributed by atoms with Crippen LogP contribution in [0.15, 0.2) is 12.1 Å². The summed E-state index contributed by atoms with van der Waals surface area (Å²) in [5.41, 5.74) is 7.58. The number of carbonyl (C=O) groups is 1. The van der Waals surface area contributed by atoms with E-state index in [0.717, 1.165) is 44.6 Å². The molecule has 8 nitrogen and oxygen atoms in total. The molecule has 1 aromatic rings. The number of aromatic hydroxyl groups is 1. The maximum Gasteiger partial charge on any atom is 0.239 e. The highest BCUT2D eigenvalue weighted by Gasteiger charge is 2.96. The van der Waals surface area contributed by atoms with Crippen LogP contribution in [0.5, 0.6) is 11.5 Å². The first kappa shape index (κ1) is 22.1. The molecule has 5 N–H and O–H groups in total. The average molecular weight is 496 g/mol. The van der Waals surface area contributed by atoms with Gasteiger partial charge in [-0.05, 0) is 69.0 Å². The molecule has 1 aromatic carbocycles. The van der Waals surface area contributed by atoms with Crippen molar-refractivity contribution < 1.29 is 24.5 Å². The molecule has 6 aliphatic carbocycles. The zero-order valence-corrected chi connectivity index (χ0v) is 21.0. The SMILES string of the molecule is COC12C3CC4(CC31CNC(=O)C(N)CO)C1Cc3ccc(O)c5c3C4(CCCN1CC1CC1)C2O5. The third-order valence-corrected chi connectivity index (χ3v) is 11.9. The van der Waals surface area contributed by atoms with Crippen LogP contribution in [0.2, 0.25) is 0 Å². The molecular formula is C28H37N3O5. The van der Waals surface area contributed by atoms with Crippen LogP contribution < -0.4 is 15.8 Å². The van der Waals surface area contributed by atoms with E-state index in [1.807, 2.05) is 6.07 Å². The van der Waals surface area contributed by atoms with E-state index in [1.165, 1.54) is 30.5 Å². The van der Waals surface area contributed by atoms with Crippen LogP contribution in [-0.2, 0) is 21.4 Å². The van der Waals surface area contributed by atoms with Gasteiger partial charge in [-0.3, -0.25) is 9.69 Å². The van der Waals surface area contributed by atoms with Gasteiger partial charge in [0, 0.05) is 54.0 Å². The molecule has 1 amide bonds. The second kappa shape index (κ2) is 6.76. The first-order valence-corrected chi connectivity index (χ1v) is 13.8. The molecule has 2 spiro atoms. The summed E-state index contributed by atoms with van der Waals surface area (Å²) in [6.07, 6.45) is 7.76. The lowest BCUT2D eigenvalue weighted by molar-refractivity contribution is -0.182. The Hall–Kier alpha value is -1.87. The van der Waals surface area contributed by atoms with Gasteiger partial charge in [0.2, 0.25) is 5.91 Å².